The molecule has 5 heteroatoms. The van der Waals surface area contributed by atoms with Gasteiger partial charge in [0.2, 0.25) is 11.8 Å². The molecule has 2 heterocycles. The zero-order valence-corrected chi connectivity index (χ0v) is 12.8. The van der Waals surface area contributed by atoms with Crippen molar-refractivity contribution in [2.24, 2.45) is 0 Å². The maximum Gasteiger partial charge on any atom is 0.230 e. The summed E-state index contributed by atoms with van der Waals surface area (Å²) in [5.41, 5.74) is 2.11. The third-order valence-electron chi connectivity index (χ3n) is 4.24. The van der Waals surface area contributed by atoms with E-state index in [2.05, 4.69) is 35.4 Å². The molecule has 1 fully saturated rings. The summed E-state index contributed by atoms with van der Waals surface area (Å²) < 4.78 is 11.6. The number of fused-ring (bicyclic) bond motifs is 1. The number of furan rings is 1. The van der Waals surface area contributed by atoms with Gasteiger partial charge in [-0.15, -0.1) is 10.2 Å². The lowest BCUT2D eigenvalue weighted by molar-refractivity contribution is 0.396. The van der Waals surface area contributed by atoms with Crippen LogP contribution in [0, 0.1) is 6.92 Å². The van der Waals surface area contributed by atoms with Crippen molar-refractivity contribution in [3.05, 3.63) is 47.4 Å². The third kappa shape index (κ3) is 2.41. The number of hydrogen-bond acceptors (Lipinski definition) is 5. The summed E-state index contributed by atoms with van der Waals surface area (Å²) in [4.78, 5) is 0. The highest BCUT2D eigenvalue weighted by Crippen LogP contribution is 2.39. The highest BCUT2D eigenvalue weighted by atomic mass is 16.4. The van der Waals surface area contributed by atoms with E-state index in [1.807, 2.05) is 18.2 Å². The fourth-order valence-corrected chi connectivity index (χ4v) is 2.77. The smallest absolute Gasteiger partial charge is 0.230 e. The predicted octanol–water partition coefficient (Wildman–Crippen LogP) is 3.85. The summed E-state index contributed by atoms with van der Waals surface area (Å²) >= 11 is 0. The van der Waals surface area contributed by atoms with Crippen molar-refractivity contribution in [1.82, 2.24) is 15.5 Å². The molecule has 1 N–H and O–H groups in total. The highest BCUT2D eigenvalue weighted by molar-refractivity contribution is 5.82. The molecule has 1 aliphatic rings. The van der Waals surface area contributed by atoms with Gasteiger partial charge in [-0.1, -0.05) is 18.2 Å². The highest BCUT2D eigenvalue weighted by Gasteiger charge is 2.29. The first-order valence-electron chi connectivity index (χ1n) is 7.76. The van der Waals surface area contributed by atoms with E-state index in [-0.39, 0.29) is 6.04 Å². The number of benzene rings is 1. The molecule has 3 aromatic rings. The summed E-state index contributed by atoms with van der Waals surface area (Å²) in [6.07, 6.45) is 2.34. The first-order chi connectivity index (χ1) is 10.7. The van der Waals surface area contributed by atoms with Crippen LogP contribution in [0.15, 0.2) is 33.1 Å². The predicted molar refractivity (Wildman–Crippen MR) is 82.5 cm³/mol. The van der Waals surface area contributed by atoms with Crippen LogP contribution in [0.25, 0.3) is 11.0 Å². The Morgan fingerprint density at radius 3 is 2.82 bits per heavy atom. The van der Waals surface area contributed by atoms with Gasteiger partial charge in [0.15, 0.2) is 0 Å². The van der Waals surface area contributed by atoms with Crippen LogP contribution < -0.4 is 5.32 Å². The van der Waals surface area contributed by atoms with Gasteiger partial charge in [0.25, 0.3) is 0 Å². The number of para-hydroxylation sites is 1. The van der Waals surface area contributed by atoms with Gasteiger partial charge in [-0.05, 0) is 38.3 Å². The Kier molecular flexibility index (Phi) is 3.22. The van der Waals surface area contributed by atoms with Crippen LogP contribution in [0.3, 0.4) is 0 Å². The lowest BCUT2D eigenvalue weighted by Gasteiger charge is -2.10. The van der Waals surface area contributed by atoms with Crippen LogP contribution in [0.2, 0.25) is 0 Å². The lowest BCUT2D eigenvalue weighted by Crippen LogP contribution is -2.18. The summed E-state index contributed by atoms with van der Waals surface area (Å²) in [7, 11) is 0. The number of hydrogen-bond donors (Lipinski definition) is 1. The van der Waals surface area contributed by atoms with Crippen LogP contribution in [0.4, 0.5) is 0 Å². The number of rotatable bonds is 5. The van der Waals surface area contributed by atoms with Gasteiger partial charge in [-0.2, -0.15) is 0 Å². The molecule has 0 spiro atoms. The first kappa shape index (κ1) is 13.5. The normalized spacial score (nSPS) is 16.3. The standard InChI is InChI=1S/C17H19N3O2/c1-10-13-5-3-4-6-14(13)21-16(10)11(2)18-9-15-19-20-17(22-15)12-7-8-12/h3-6,11-12,18H,7-9H2,1-2H3/t11-/m0/s1. The lowest BCUT2D eigenvalue weighted by atomic mass is 10.1. The Labute approximate surface area is 128 Å². The second-order valence-electron chi connectivity index (χ2n) is 6.00. The van der Waals surface area contributed by atoms with E-state index in [4.69, 9.17) is 8.83 Å². The zero-order valence-electron chi connectivity index (χ0n) is 12.8. The van der Waals surface area contributed by atoms with E-state index in [1.54, 1.807) is 0 Å². The molecule has 0 saturated heterocycles. The average Bonchev–Trinajstić information content (AvgIpc) is 3.19. The molecule has 2 aromatic heterocycles. The molecule has 0 bridgehead atoms. The second-order valence-corrected chi connectivity index (χ2v) is 6.00. The van der Waals surface area contributed by atoms with Crippen molar-refractivity contribution >= 4 is 11.0 Å². The fourth-order valence-electron chi connectivity index (χ4n) is 2.77. The summed E-state index contributed by atoms with van der Waals surface area (Å²) in [6.45, 7) is 4.73. The van der Waals surface area contributed by atoms with Crippen molar-refractivity contribution in [3.8, 4) is 0 Å². The largest absolute Gasteiger partial charge is 0.459 e. The molecule has 1 aliphatic carbocycles. The van der Waals surface area contributed by atoms with E-state index in [1.165, 1.54) is 23.8 Å². The molecule has 0 amide bonds. The minimum absolute atomic E-state index is 0.0867. The molecule has 5 nitrogen and oxygen atoms in total. The molecule has 1 atom stereocenters. The van der Waals surface area contributed by atoms with E-state index in [0.29, 0.717) is 18.4 Å². The van der Waals surface area contributed by atoms with Crippen molar-refractivity contribution in [3.63, 3.8) is 0 Å². The molecule has 0 unspecified atom stereocenters. The van der Waals surface area contributed by atoms with E-state index >= 15 is 0 Å². The topological polar surface area (TPSA) is 64.1 Å². The SMILES string of the molecule is Cc1c([C@H](C)NCc2nnc(C3CC3)o2)oc2ccccc12. The fraction of sp³-hybridized carbons (Fsp3) is 0.412. The quantitative estimate of drug-likeness (QED) is 0.775. The van der Waals surface area contributed by atoms with E-state index in [9.17, 15) is 0 Å². The van der Waals surface area contributed by atoms with Crippen LogP contribution in [-0.4, -0.2) is 10.2 Å². The van der Waals surface area contributed by atoms with Gasteiger partial charge >= 0.3 is 0 Å². The summed E-state index contributed by atoms with van der Waals surface area (Å²) in [5.74, 6) is 2.88. The minimum Gasteiger partial charge on any atom is -0.459 e. The van der Waals surface area contributed by atoms with Gasteiger partial charge in [0.05, 0.1) is 12.6 Å². The minimum atomic E-state index is 0.0867. The maximum atomic E-state index is 5.97. The number of nitrogens with one attached hydrogen (secondary N) is 1. The van der Waals surface area contributed by atoms with Crippen LogP contribution in [0.1, 0.15) is 54.8 Å². The summed E-state index contributed by atoms with van der Waals surface area (Å²) in [5, 5.41) is 12.8. The van der Waals surface area contributed by atoms with E-state index in [0.717, 1.165) is 17.2 Å². The molecule has 22 heavy (non-hydrogen) atoms. The summed E-state index contributed by atoms with van der Waals surface area (Å²) in [6, 6.07) is 8.20. The second kappa shape index (κ2) is 5.25. The van der Waals surface area contributed by atoms with Crippen molar-refractivity contribution in [2.75, 3.05) is 0 Å². The Balaban J connectivity index is 1.48. The Morgan fingerprint density at radius 1 is 1.23 bits per heavy atom. The molecular formula is C17H19N3O2. The average molecular weight is 297 g/mol. The van der Waals surface area contributed by atoms with Gasteiger partial charge in [0, 0.05) is 11.3 Å². The Hall–Kier alpha value is -2.14. The first-order valence-corrected chi connectivity index (χ1v) is 7.76. The molecule has 4 rings (SSSR count). The maximum absolute atomic E-state index is 5.97. The van der Waals surface area contributed by atoms with Crippen molar-refractivity contribution in [2.45, 2.75) is 45.2 Å². The van der Waals surface area contributed by atoms with Crippen molar-refractivity contribution in [1.29, 1.82) is 0 Å². The Bertz CT molecular complexity index is 801. The third-order valence-corrected chi connectivity index (χ3v) is 4.24. The number of aromatic nitrogens is 2. The van der Waals surface area contributed by atoms with Crippen LogP contribution in [-0.2, 0) is 6.54 Å². The van der Waals surface area contributed by atoms with Gasteiger partial charge in [-0.25, -0.2) is 0 Å². The Morgan fingerprint density at radius 2 is 2.05 bits per heavy atom. The monoisotopic (exact) mass is 297 g/mol. The van der Waals surface area contributed by atoms with Crippen LogP contribution in [0.5, 0.6) is 0 Å². The van der Waals surface area contributed by atoms with Crippen LogP contribution >= 0.6 is 0 Å². The molecule has 0 radical (unpaired) electrons. The molecule has 114 valence electrons. The van der Waals surface area contributed by atoms with Gasteiger partial charge in [-0.3, -0.25) is 5.32 Å². The zero-order chi connectivity index (χ0) is 15.1. The van der Waals surface area contributed by atoms with Crippen molar-refractivity contribution < 1.29 is 8.83 Å². The molecule has 1 aromatic carbocycles. The molecular weight excluding hydrogens is 278 g/mol. The number of aryl methyl sites for hydroxylation is 1. The van der Waals surface area contributed by atoms with Gasteiger partial charge in [0.1, 0.15) is 11.3 Å². The molecule has 1 saturated carbocycles. The number of nitrogens with zero attached hydrogens (tertiary/aromatic N) is 2. The van der Waals surface area contributed by atoms with Gasteiger partial charge < -0.3 is 8.83 Å². The molecule has 0 aliphatic heterocycles. The van der Waals surface area contributed by atoms with E-state index < -0.39 is 0 Å².